The number of halogens is 2. The maximum absolute atomic E-state index is 13.8. The standard InChI is InChI=1S/C25H29ClFN5O4/c1-15-12-19(17(26)13-18(15)27)32-7-6-25(24(32)35)4-2-16(3-5-25)30-22(33)20-21(29-14-28-20)23(34)31-8-10-36-11-9-31/h12-14,16H,2-11H2,1H3,(H,28,29)(H,30,33). The first kappa shape index (κ1) is 24.7. The van der Waals surface area contributed by atoms with Crippen LogP contribution >= 0.6 is 11.6 Å². The number of carbonyl (C=O) groups excluding carboxylic acids is 3. The molecule has 1 aromatic carbocycles. The fraction of sp³-hybridized carbons (Fsp3) is 0.520. The fourth-order valence-corrected chi connectivity index (χ4v) is 5.74. The van der Waals surface area contributed by atoms with E-state index in [1.165, 1.54) is 12.4 Å². The zero-order chi connectivity index (χ0) is 25.4. The molecule has 2 N–H and O–H groups in total. The molecule has 192 valence electrons. The molecule has 3 fully saturated rings. The van der Waals surface area contributed by atoms with Crippen molar-refractivity contribution in [2.75, 3.05) is 37.7 Å². The molecule has 1 aromatic heterocycles. The number of imidazole rings is 1. The second-order valence-corrected chi connectivity index (χ2v) is 10.2. The Hall–Kier alpha value is -2.98. The van der Waals surface area contributed by atoms with Crippen molar-refractivity contribution in [1.82, 2.24) is 20.2 Å². The van der Waals surface area contributed by atoms with Gasteiger partial charge < -0.3 is 24.8 Å². The molecule has 36 heavy (non-hydrogen) atoms. The first-order valence-corrected chi connectivity index (χ1v) is 12.7. The van der Waals surface area contributed by atoms with Gasteiger partial charge in [-0.05, 0) is 56.7 Å². The predicted molar refractivity (Wildman–Crippen MR) is 131 cm³/mol. The lowest BCUT2D eigenvalue weighted by Crippen LogP contribution is -2.45. The summed E-state index contributed by atoms with van der Waals surface area (Å²) in [5.74, 6) is -1.06. The predicted octanol–water partition coefficient (Wildman–Crippen LogP) is 3.08. The van der Waals surface area contributed by atoms with Crippen molar-refractivity contribution in [3.8, 4) is 0 Å². The van der Waals surface area contributed by atoms with Crippen LogP contribution in [0.1, 0.15) is 58.6 Å². The van der Waals surface area contributed by atoms with Crippen molar-refractivity contribution in [1.29, 1.82) is 0 Å². The van der Waals surface area contributed by atoms with Crippen LogP contribution in [0.5, 0.6) is 0 Å². The summed E-state index contributed by atoms with van der Waals surface area (Å²) in [6.45, 7) is 4.05. The molecule has 0 unspecified atom stereocenters. The summed E-state index contributed by atoms with van der Waals surface area (Å²) in [6.07, 6.45) is 4.58. The van der Waals surface area contributed by atoms with E-state index in [2.05, 4.69) is 15.3 Å². The van der Waals surface area contributed by atoms with Crippen LogP contribution in [0.3, 0.4) is 0 Å². The van der Waals surface area contributed by atoms with Crippen LogP contribution in [0, 0.1) is 18.2 Å². The molecule has 2 saturated heterocycles. The van der Waals surface area contributed by atoms with Crippen LogP contribution in [-0.2, 0) is 9.53 Å². The lowest BCUT2D eigenvalue weighted by molar-refractivity contribution is -0.127. The van der Waals surface area contributed by atoms with E-state index in [9.17, 15) is 18.8 Å². The number of morpholine rings is 1. The van der Waals surface area contributed by atoms with E-state index in [-0.39, 0.29) is 34.3 Å². The molecule has 9 nitrogen and oxygen atoms in total. The molecule has 2 aromatic rings. The van der Waals surface area contributed by atoms with Gasteiger partial charge in [-0.2, -0.15) is 0 Å². The van der Waals surface area contributed by atoms with Gasteiger partial charge in [0.15, 0.2) is 5.69 Å². The molecule has 5 rings (SSSR count). The number of nitrogens with one attached hydrogen (secondary N) is 2. The van der Waals surface area contributed by atoms with Crippen molar-refractivity contribution in [2.45, 2.75) is 45.1 Å². The second-order valence-electron chi connectivity index (χ2n) is 9.82. The number of aryl methyl sites for hydroxylation is 1. The molecule has 1 spiro atoms. The zero-order valence-electron chi connectivity index (χ0n) is 20.1. The number of hydrogen-bond acceptors (Lipinski definition) is 5. The lowest BCUT2D eigenvalue weighted by Gasteiger charge is -2.36. The van der Waals surface area contributed by atoms with Crippen molar-refractivity contribution < 1.29 is 23.5 Å². The monoisotopic (exact) mass is 517 g/mol. The van der Waals surface area contributed by atoms with E-state index in [4.69, 9.17) is 16.3 Å². The third-order valence-electron chi connectivity index (χ3n) is 7.68. The molecule has 0 radical (unpaired) electrons. The average molecular weight is 518 g/mol. The fourth-order valence-electron chi connectivity index (χ4n) is 5.49. The van der Waals surface area contributed by atoms with Gasteiger partial charge in [0.25, 0.3) is 11.8 Å². The number of aromatic amines is 1. The maximum atomic E-state index is 13.8. The Kier molecular flexibility index (Phi) is 6.74. The number of amides is 3. The summed E-state index contributed by atoms with van der Waals surface area (Å²) in [5, 5.41) is 3.23. The Bertz CT molecular complexity index is 1190. The molecule has 1 saturated carbocycles. The Morgan fingerprint density at radius 3 is 2.64 bits per heavy atom. The molecule has 3 aliphatic rings. The molecule has 3 heterocycles. The Morgan fingerprint density at radius 1 is 1.19 bits per heavy atom. The normalized spacial score (nSPS) is 24.4. The molecule has 1 aliphatic carbocycles. The lowest BCUT2D eigenvalue weighted by atomic mass is 9.71. The van der Waals surface area contributed by atoms with E-state index < -0.39 is 17.1 Å². The second kappa shape index (κ2) is 9.82. The number of aromatic nitrogens is 2. The number of carbonyl (C=O) groups is 3. The zero-order valence-corrected chi connectivity index (χ0v) is 20.9. The summed E-state index contributed by atoms with van der Waals surface area (Å²) in [5.41, 5.74) is 0.741. The van der Waals surface area contributed by atoms with E-state index in [1.54, 1.807) is 22.8 Å². The van der Waals surface area contributed by atoms with Gasteiger partial charge in [-0.25, -0.2) is 9.37 Å². The van der Waals surface area contributed by atoms with Crippen LogP contribution in [-0.4, -0.2) is 71.5 Å². The van der Waals surface area contributed by atoms with E-state index in [1.807, 2.05) is 0 Å². The number of rotatable bonds is 4. The smallest absolute Gasteiger partial charge is 0.272 e. The average Bonchev–Trinajstić information content (AvgIpc) is 3.49. The molecule has 0 atom stereocenters. The Morgan fingerprint density at radius 2 is 1.92 bits per heavy atom. The quantitative estimate of drug-likeness (QED) is 0.648. The topological polar surface area (TPSA) is 108 Å². The van der Waals surface area contributed by atoms with Crippen LogP contribution in [0.15, 0.2) is 18.5 Å². The third-order valence-corrected chi connectivity index (χ3v) is 7.98. The highest BCUT2D eigenvalue weighted by molar-refractivity contribution is 6.34. The SMILES string of the molecule is Cc1cc(N2CCC3(CCC(NC(=O)c4nc[nH]c4C(=O)N4CCOCC4)CC3)C2=O)c(Cl)cc1F. The van der Waals surface area contributed by atoms with Gasteiger partial charge >= 0.3 is 0 Å². The van der Waals surface area contributed by atoms with Crippen molar-refractivity contribution >= 4 is 35.0 Å². The largest absolute Gasteiger partial charge is 0.378 e. The Labute approximate surface area is 213 Å². The first-order valence-electron chi connectivity index (χ1n) is 12.3. The Balaban J connectivity index is 1.21. The van der Waals surface area contributed by atoms with E-state index >= 15 is 0 Å². The van der Waals surface area contributed by atoms with E-state index in [0.717, 1.165) is 0 Å². The van der Waals surface area contributed by atoms with Crippen LogP contribution in [0.25, 0.3) is 0 Å². The summed E-state index contributed by atoms with van der Waals surface area (Å²) < 4.78 is 19.1. The van der Waals surface area contributed by atoms with E-state index in [0.29, 0.717) is 76.2 Å². The third kappa shape index (κ3) is 4.48. The molecule has 11 heteroatoms. The van der Waals surface area contributed by atoms with Gasteiger partial charge in [-0.15, -0.1) is 0 Å². The van der Waals surface area contributed by atoms with Gasteiger partial charge in [0.05, 0.1) is 35.7 Å². The van der Waals surface area contributed by atoms with Crippen LogP contribution in [0.4, 0.5) is 10.1 Å². The number of benzene rings is 1. The molecule has 2 aliphatic heterocycles. The maximum Gasteiger partial charge on any atom is 0.272 e. The first-order chi connectivity index (χ1) is 17.3. The molecular formula is C25H29ClFN5O4. The number of nitrogens with zero attached hydrogens (tertiary/aromatic N) is 3. The minimum absolute atomic E-state index is 0.00544. The summed E-state index contributed by atoms with van der Waals surface area (Å²) in [7, 11) is 0. The minimum atomic E-state index is -0.503. The van der Waals surface area contributed by atoms with Crippen molar-refractivity contribution in [2.24, 2.45) is 5.41 Å². The molecule has 3 amide bonds. The number of hydrogen-bond donors (Lipinski definition) is 2. The number of anilines is 1. The van der Waals surface area contributed by atoms with Gasteiger partial charge in [0.2, 0.25) is 5.91 Å². The van der Waals surface area contributed by atoms with Crippen molar-refractivity contribution in [3.63, 3.8) is 0 Å². The highest BCUT2D eigenvalue weighted by Crippen LogP contribution is 2.47. The van der Waals surface area contributed by atoms with Crippen molar-refractivity contribution in [3.05, 3.63) is 46.3 Å². The van der Waals surface area contributed by atoms with Gasteiger partial charge in [0, 0.05) is 25.7 Å². The summed E-state index contributed by atoms with van der Waals surface area (Å²) in [6, 6.07) is 2.76. The minimum Gasteiger partial charge on any atom is -0.378 e. The highest BCUT2D eigenvalue weighted by atomic mass is 35.5. The summed E-state index contributed by atoms with van der Waals surface area (Å²) in [4.78, 5) is 49.5. The molecule has 0 bridgehead atoms. The highest BCUT2D eigenvalue weighted by Gasteiger charge is 2.49. The van der Waals surface area contributed by atoms with Gasteiger partial charge in [-0.1, -0.05) is 11.6 Å². The number of H-pyrrole nitrogens is 1. The number of ether oxygens (including phenoxy) is 1. The van der Waals surface area contributed by atoms with Crippen LogP contribution in [0.2, 0.25) is 5.02 Å². The molecular weight excluding hydrogens is 489 g/mol. The van der Waals surface area contributed by atoms with Gasteiger partial charge in [-0.3, -0.25) is 14.4 Å². The van der Waals surface area contributed by atoms with Gasteiger partial charge in [0.1, 0.15) is 11.5 Å². The van der Waals surface area contributed by atoms with Crippen LogP contribution < -0.4 is 10.2 Å². The summed E-state index contributed by atoms with van der Waals surface area (Å²) >= 11 is 6.27.